The Labute approximate surface area is 89.1 Å². The second kappa shape index (κ2) is 5.13. The third-order valence-corrected chi connectivity index (χ3v) is 3.59. The minimum Gasteiger partial charge on any atom is -0.320 e. The fourth-order valence-corrected chi connectivity index (χ4v) is 2.75. The first-order valence-corrected chi connectivity index (χ1v) is 6.01. The Morgan fingerprint density at radius 2 is 2.07 bits per heavy atom. The molecule has 0 radical (unpaired) electrons. The minimum atomic E-state index is 0.440. The zero-order valence-electron chi connectivity index (χ0n) is 10.3. The molecule has 1 N–H and O–H groups in total. The Bertz CT molecular complexity index is 168. The minimum absolute atomic E-state index is 0.440. The number of nitrogens with zero attached hydrogens (tertiary/aromatic N) is 1. The average Bonchev–Trinajstić information content (AvgIpc) is 2.15. The Morgan fingerprint density at radius 1 is 1.36 bits per heavy atom. The first-order chi connectivity index (χ1) is 6.60. The summed E-state index contributed by atoms with van der Waals surface area (Å²) in [6, 6.07) is 0.692. The molecular weight excluding hydrogens is 172 g/mol. The zero-order valence-corrected chi connectivity index (χ0v) is 10.3. The van der Waals surface area contributed by atoms with Crippen LogP contribution < -0.4 is 5.32 Å². The molecule has 1 fully saturated rings. The molecule has 1 rings (SSSR count). The number of rotatable bonds is 4. The Balaban J connectivity index is 2.59. The Hall–Kier alpha value is -0.0800. The Morgan fingerprint density at radius 3 is 2.64 bits per heavy atom. The highest BCUT2D eigenvalue weighted by molar-refractivity contribution is 4.91. The van der Waals surface area contributed by atoms with E-state index in [1.165, 1.54) is 32.2 Å². The van der Waals surface area contributed by atoms with Crippen LogP contribution in [0.3, 0.4) is 0 Å². The largest absolute Gasteiger partial charge is 0.320 e. The van der Waals surface area contributed by atoms with Crippen molar-refractivity contribution >= 4 is 0 Å². The average molecular weight is 198 g/mol. The van der Waals surface area contributed by atoms with Crippen LogP contribution >= 0.6 is 0 Å². The van der Waals surface area contributed by atoms with Gasteiger partial charge >= 0.3 is 0 Å². The summed E-state index contributed by atoms with van der Waals surface area (Å²) >= 11 is 0. The van der Waals surface area contributed by atoms with E-state index in [0.717, 1.165) is 6.54 Å². The molecule has 0 aromatic carbocycles. The molecule has 14 heavy (non-hydrogen) atoms. The molecule has 1 unspecified atom stereocenters. The molecule has 1 aliphatic rings. The number of hydrogen-bond donors (Lipinski definition) is 1. The number of piperidine rings is 1. The van der Waals surface area contributed by atoms with E-state index in [1.54, 1.807) is 0 Å². The SMILES string of the molecule is CNCCC1(C)CCCCN1C(C)C. The van der Waals surface area contributed by atoms with Crippen LogP contribution in [0.5, 0.6) is 0 Å². The highest BCUT2D eigenvalue weighted by Gasteiger charge is 2.34. The van der Waals surface area contributed by atoms with Crippen molar-refractivity contribution in [2.24, 2.45) is 0 Å². The number of nitrogens with one attached hydrogen (secondary N) is 1. The molecule has 84 valence electrons. The lowest BCUT2D eigenvalue weighted by atomic mass is 9.84. The molecule has 1 heterocycles. The van der Waals surface area contributed by atoms with Crippen molar-refractivity contribution in [2.45, 2.75) is 58.0 Å². The van der Waals surface area contributed by atoms with Crippen LogP contribution in [0.25, 0.3) is 0 Å². The molecule has 2 heteroatoms. The van der Waals surface area contributed by atoms with E-state index in [-0.39, 0.29) is 0 Å². The van der Waals surface area contributed by atoms with E-state index in [2.05, 4.69) is 31.0 Å². The van der Waals surface area contributed by atoms with Crippen molar-refractivity contribution in [3.8, 4) is 0 Å². The van der Waals surface area contributed by atoms with Crippen molar-refractivity contribution in [1.29, 1.82) is 0 Å². The van der Waals surface area contributed by atoms with Gasteiger partial charge in [-0.15, -0.1) is 0 Å². The predicted octanol–water partition coefficient (Wildman–Crippen LogP) is 2.25. The van der Waals surface area contributed by atoms with E-state index in [1.807, 2.05) is 7.05 Å². The summed E-state index contributed by atoms with van der Waals surface area (Å²) in [4.78, 5) is 2.69. The molecule has 1 saturated heterocycles. The zero-order chi connectivity index (χ0) is 10.6. The van der Waals surface area contributed by atoms with Crippen LogP contribution in [0.4, 0.5) is 0 Å². The summed E-state index contributed by atoms with van der Waals surface area (Å²) in [5.41, 5.74) is 0.440. The van der Waals surface area contributed by atoms with Crippen molar-refractivity contribution in [1.82, 2.24) is 10.2 Å². The summed E-state index contributed by atoms with van der Waals surface area (Å²) in [6.07, 6.45) is 5.44. The third-order valence-electron chi connectivity index (χ3n) is 3.59. The van der Waals surface area contributed by atoms with Gasteiger partial charge in [0.15, 0.2) is 0 Å². The molecule has 1 atom stereocenters. The maximum absolute atomic E-state index is 3.27. The molecular formula is C12H26N2. The van der Waals surface area contributed by atoms with Gasteiger partial charge in [-0.25, -0.2) is 0 Å². The van der Waals surface area contributed by atoms with Gasteiger partial charge in [-0.2, -0.15) is 0 Å². The normalized spacial score (nSPS) is 29.8. The number of likely N-dealkylation sites (tertiary alicyclic amines) is 1. The van der Waals surface area contributed by atoms with E-state index >= 15 is 0 Å². The van der Waals surface area contributed by atoms with Crippen LogP contribution in [0.1, 0.15) is 46.5 Å². The highest BCUT2D eigenvalue weighted by Crippen LogP contribution is 2.32. The first-order valence-electron chi connectivity index (χ1n) is 6.01. The van der Waals surface area contributed by atoms with Crippen molar-refractivity contribution in [3.63, 3.8) is 0 Å². The van der Waals surface area contributed by atoms with E-state index in [9.17, 15) is 0 Å². The van der Waals surface area contributed by atoms with Gasteiger partial charge < -0.3 is 5.32 Å². The molecule has 0 aromatic rings. The molecule has 0 aromatic heterocycles. The molecule has 0 aliphatic carbocycles. The molecule has 0 spiro atoms. The first kappa shape index (κ1) is 12.0. The van der Waals surface area contributed by atoms with Gasteiger partial charge in [0.1, 0.15) is 0 Å². The highest BCUT2D eigenvalue weighted by atomic mass is 15.2. The third kappa shape index (κ3) is 2.71. The molecule has 0 amide bonds. The fourth-order valence-electron chi connectivity index (χ4n) is 2.75. The standard InChI is InChI=1S/C12H26N2/c1-11(2)14-10-6-5-7-12(14,3)8-9-13-4/h11,13H,5-10H2,1-4H3. The van der Waals surface area contributed by atoms with Gasteiger partial charge in [-0.05, 0) is 60.2 Å². The predicted molar refractivity (Wildman–Crippen MR) is 62.6 cm³/mol. The second-order valence-electron chi connectivity index (χ2n) is 5.09. The van der Waals surface area contributed by atoms with Crippen LogP contribution in [-0.2, 0) is 0 Å². The summed E-state index contributed by atoms with van der Waals surface area (Å²) in [6.45, 7) is 9.51. The summed E-state index contributed by atoms with van der Waals surface area (Å²) in [7, 11) is 2.05. The van der Waals surface area contributed by atoms with Crippen LogP contribution in [0.2, 0.25) is 0 Å². The summed E-state index contributed by atoms with van der Waals surface area (Å²) in [5, 5.41) is 3.27. The van der Waals surface area contributed by atoms with Gasteiger partial charge in [0.25, 0.3) is 0 Å². The fraction of sp³-hybridized carbons (Fsp3) is 1.00. The lowest BCUT2D eigenvalue weighted by molar-refractivity contribution is 0.0269. The lowest BCUT2D eigenvalue weighted by Gasteiger charge is -2.47. The molecule has 2 nitrogen and oxygen atoms in total. The van der Waals surface area contributed by atoms with Crippen molar-refractivity contribution in [3.05, 3.63) is 0 Å². The van der Waals surface area contributed by atoms with E-state index < -0.39 is 0 Å². The van der Waals surface area contributed by atoms with E-state index in [4.69, 9.17) is 0 Å². The second-order valence-corrected chi connectivity index (χ2v) is 5.09. The van der Waals surface area contributed by atoms with Crippen LogP contribution in [0.15, 0.2) is 0 Å². The summed E-state index contributed by atoms with van der Waals surface area (Å²) < 4.78 is 0. The maximum atomic E-state index is 3.27. The lowest BCUT2D eigenvalue weighted by Crippen LogP contribution is -2.53. The summed E-state index contributed by atoms with van der Waals surface area (Å²) in [5.74, 6) is 0. The van der Waals surface area contributed by atoms with E-state index in [0.29, 0.717) is 11.6 Å². The van der Waals surface area contributed by atoms with Gasteiger partial charge in [-0.3, -0.25) is 4.90 Å². The maximum Gasteiger partial charge on any atom is 0.0196 e. The Kier molecular flexibility index (Phi) is 4.39. The molecule has 0 bridgehead atoms. The molecule has 0 saturated carbocycles. The number of hydrogen-bond acceptors (Lipinski definition) is 2. The van der Waals surface area contributed by atoms with Crippen molar-refractivity contribution < 1.29 is 0 Å². The van der Waals surface area contributed by atoms with Gasteiger partial charge in [0, 0.05) is 11.6 Å². The smallest absolute Gasteiger partial charge is 0.0196 e. The van der Waals surface area contributed by atoms with Gasteiger partial charge in [0.2, 0.25) is 0 Å². The van der Waals surface area contributed by atoms with Crippen LogP contribution in [-0.4, -0.2) is 36.6 Å². The van der Waals surface area contributed by atoms with Gasteiger partial charge in [0.05, 0.1) is 0 Å². The van der Waals surface area contributed by atoms with Crippen molar-refractivity contribution in [2.75, 3.05) is 20.1 Å². The van der Waals surface area contributed by atoms with Gasteiger partial charge in [-0.1, -0.05) is 6.42 Å². The monoisotopic (exact) mass is 198 g/mol. The molecule has 1 aliphatic heterocycles. The quantitative estimate of drug-likeness (QED) is 0.745. The van der Waals surface area contributed by atoms with Crippen LogP contribution in [0, 0.1) is 0 Å². The topological polar surface area (TPSA) is 15.3 Å².